The van der Waals surface area contributed by atoms with Crippen molar-refractivity contribution in [3.8, 4) is 16.9 Å². The van der Waals surface area contributed by atoms with Crippen molar-refractivity contribution >= 4 is 18.3 Å². The van der Waals surface area contributed by atoms with Crippen molar-refractivity contribution in [2.75, 3.05) is 26.4 Å². The fourth-order valence-electron chi connectivity index (χ4n) is 4.01. The largest absolute Gasteiger partial charge is 0.493 e. The van der Waals surface area contributed by atoms with E-state index in [2.05, 4.69) is 47.8 Å². The molecule has 2 aliphatic heterocycles. The Morgan fingerprint density at radius 2 is 1.76 bits per heavy atom. The van der Waals surface area contributed by atoms with Gasteiger partial charge >= 0.3 is 0 Å². The molecule has 6 heteroatoms. The Morgan fingerprint density at radius 3 is 2.48 bits per heavy atom. The normalized spacial score (nSPS) is 17.4. The summed E-state index contributed by atoms with van der Waals surface area (Å²) in [5, 5.41) is 3.07. The highest BCUT2D eigenvalue weighted by atomic mass is 35.5. The van der Waals surface area contributed by atoms with Crippen LogP contribution in [0.3, 0.4) is 0 Å². The summed E-state index contributed by atoms with van der Waals surface area (Å²) in [5.74, 6) is 1.05. The molecule has 1 saturated heterocycles. The number of benzene rings is 2. The zero-order chi connectivity index (χ0) is 19.4. The zero-order valence-electron chi connectivity index (χ0n) is 16.6. The summed E-state index contributed by atoms with van der Waals surface area (Å²) in [6.07, 6.45) is 3.53. The van der Waals surface area contributed by atoms with Crippen LogP contribution in [0.15, 0.2) is 42.5 Å². The van der Waals surface area contributed by atoms with Crippen molar-refractivity contribution in [1.82, 2.24) is 5.32 Å². The van der Waals surface area contributed by atoms with E-state index in [0.29, 0.717) is 39.1 Å². The molecule has 0 aromatic heterocycles. The summed E-state index contributed by atoms with van der Waals surface area (Å²) in [6, 6.07) is 14.8. The number of halogens is 1. The van der Waals surface area contributed by atoms with Crippen LogP contribution in [0, 0.1) is 5.41 Å². The summed E-state index contributed by atoms with van der Waals surface area (Å²) in [4.78, 5) is 12.7. The molecule has 0 atom stereocenters. The van der Waals surface area contributed by atoms with E-state index >= 15 is 0 Å². The van der Waals surface area contributed by atoms with Crippen LogP contribution >= 0.6 is 12.4 Å². The maximum absolute atomic E-state index is 12.7. The van der Waals surface area contributed by atoms with Gasteiger partial charge in [-0.1, -0.05) is 30.3 Å². The van der Waals surface area contributed by atoms with Crippen LogP contribution in [0.5, 0.6) is 5.75 Å². The number of nitrogens with two attached hydrogens (primary N) is 1. The topological polar surface area (TPSA) is 73.6 Å². The van der Waals surface area contributed by atoms with Crippen LogP contribution in [0.4, 0.5) is 0 Å². The molecule has 0 bridgehead atoms. The van der Waals surface area contributed by atoms with Gasteiger partial charge in [0.05, 0.1) is 12.0 Å². The van der Waals surface area contributed by atoms with E-state index in [-0.39, 0.29) is 18.3 Å². The number of nitrogens with one attached hydrogen (secondary N) is 1. The predicted molar refractivity (Wildman–Crippen MR) is 116 cm³/mol. The highest BCUT2D eigenvalue weighted by Gasteiger charge is 2.38. The number of carbonyl (C=O) groups is 1. The van der Waals surface area contributed by atoms with Crippen molar-refractivity contribution in [3.63, 3.8) is 0 Å². The Bertz CT molecular complexity index is 833. The number of fused-ring (bicyclic) bond motifs is 1. The molecule has 1 fully saturated rings. The molecule has 4 rings (SSSR count). The smallest absolute Gasteiger partial charge is 0.227 e. The van der Waals surface area contributed by atoms with Crippen molar-refractivity contribution in [1.29, 1.82) is 0 Å². The van der Waals surface area contributed by atoms with Crippen LogP contribution in [-0.2, 0) is 22.5 Å². The molecule has 29 heavy (non-hydrogen) atoms. The molecule has 2 aromatic rings. The predicted octanol–water partition coefficient (Wildman–Crippen LogP) is 3.47. The number of hydrogen-bond donors (Lipinski definition) is 2. The maximum atomic E-state index is 12.7. The molecule has 2 heterocycles. The van der Waals surface area contributed by atoms with Gasteiger partial charge in [0, 0.05) is 26.3 Å². The van der Waals surface area contributed by atoms with Gasteiger partial charge in [-0.3, -0.25) is 4.79 Å². The number of carbonyl (C=O) groups excluding carboxylic acids is 1. The third-order valence-electron chi connectivity index (χ3n) is 5.97. The molecule has 0 saturated carbocycles. The quantitative estimate of drug-likeness (QED) is 0.782. The molecule has 0 radical (unpaired) electrons. The Balaban J connectivity index is 0.00000240. The maximum Gasteiger partial charge on any atom is 0.227 e. The number of hydrogen-bond acceptors (Lipinski definition) is 4. The molecule has 1 amide bonds. The molecule has 0 aliphatic carbocycles. The molecule has 156 valence electrons. The van der Waals surface area contributed by atoms with Crippen LogP contribution in [0.2, 0.25) is 0 Å². The monoisotopic (exact) mass is 416 g/mol. The summed E-state index contributed by atoms with van der Waals surface area (Å²) >= 11 is 0. The molecular weight excluding hydrogens is 388 g/mol. The van der Waals surface area contributed by atoms with Crippen molar-refractivity contribution in [3.05, 3.63) is 53.6 Å². The first-order chi connectivity index (χ1) is 13.7. The van der Waals surface area contributed by atoms with Crippen LogP contribution in [0.1, 0.15) is 30.4 Å². The van der Waals surface area contributed by atoms with Gasteiger partial charge in [0.15, 0.2) is 0 Å². The fraction of sp³-hybridized carbons (Fsp3) is 0.435. The average molecular weight is 417 g/mol. The summed E-state index contributed by atoms with van der Waals surface area (Å²) in [5.41, 5.74) is 10.2. The Hall–Kier alpha value is -2.08. The third kappa shape index (κ3) is 4.74. The second kappa shape index (κ2) is 9.61. The van der Waals surface area contributed by atoms with Gasteiger partial charge in [-0.15, -0.1) is 12.4 Å². The van der Waals surface area contributed by atoms with E-state index in [4.69, 9.17) is 15.2 Å². The Kier molecular flexibility index (Phi) is 7.17. The summed E-state index contributed by atoms with van der Waals surface area (Å²) in [6.45, 7) is 2.89. The lowest BCUT2D eigenvalue weighted by molar-refractivity contribution is -0.136. The van der Waals surface area contributed by atoms with Gasteiger partial charge in [0.1, 0.15) is 5.75 Å². The molecule has 2 aliphatic rings. The minimum atomic E-state index is -0.483. The van der Waals surface area contributed by atoms with Gasteiger partial charge in [-0.2, -0.15) is 0 Å². The van der Waals surface area contributed by atoms with Crippen LogP contribution < -0.4 is 15.8 Å². The first-order valence-electron chi connectivity index (χ1n) is 10.1. The number of amides is 1. The average Bonchev–Trinajstić information content (AvgIpc) is 2.78. The van der Waals surface area contributed by atoms with E-state index < -0.39 is 5.41 Å². The van der Waals surface area contributed by atoms with Crippen LogP contribution in [0.25, 0.3) is 11.1 Å². The zero-order valence-corrected chi connectivity index (χ0v) is 17.4. The molecule has 0 spiro atoms. The van der Waals surface area contributed by atoms with Gasteiger partial charge in [0.25, 0.3) is 0 Å². The molecule has 3 N–H and O–H groups in total. The SMILES string of the molecule is Cl.NCC1(C(=O)NCc2ccc(-c3ccc4c(c3)CCCO4)cc2)CCOCC1. The van der Waals surface area contributed by atoms with E-state index in [9.17, 15) is 4.79 Å². The first-order valence-corrected chi connectivity index (χ1v) is 10.1. The molecule has 0 unspecified atom stereocenters. The van der Waals surface area contributed by atoms with Crippen molar-refractivity contribution in [2.24, 2.45) is 11.1 Å². The first kappa shape index (κ1) is 21.6. The lowest BCUT2D eigenvalue weighted by atomic mass is 9.79. The number of aryl methyl sites for hydroxylation is 1. The van der Waals surface area contributed by atoms with Crippen LogP contribution in [-0.4, -0.2) is 32.3 Å². The Morgan fingerprint density at radius 1 is 1.03 bits per heavy atom. The minimum absolute atomic E-state index is 0. The molecule has 5 nitrogen and oxygen atoms in total. The van der Waals surface area contributed by atoms with Crippen molar-refractivity contribution in [2.45, 2.75) is 32.2 Å². The van der Waals surface area contributed by atoms with Crippen molar-refractivity contribution < 1.29 is 14.3 Å². The van der Waals surface area contributed by atoms with E-state index in [1.807, 2.05) is 0 Å². The minimum Gasteiger partial charge on any atom is -0.493 e. The lowest BCUT2D eigenvalue weighted by Gasteiger charge is -2.34. The van der Waals surface area contributed by atoms with E-state index in [1.54, 1.807) is 0 Å². The Labute approximate surface area is 178 Å². The molecular formula is C23H29ClN2O3. The highest BCUT2D eigenvalue weighted by molar-refractivity contribution is 5.85. The lowest BCUT2D eigenvalue weighted by Crippen LogP contribution is -2.48. The third-order valence-corrected chi connectivity index (χ3v) is 5.97. The van der Waals surface area contributed by atoms with E-state index in [1.165, 1.54) is 16.7 Å². The van der Waals surface area contributed by atoms with E-state index in [0.717, 1.165) is 30.8 Å². The second-order valence-corrected chi connectivity index (χ2v) is 7.75. The molecule has 2 aromatic carbocycles. The fourth-order valence-corrected chi connectivity index (χ4v) is 4.01. The van der Waals surface area contributed by atoms with Gasteiger partial charge in [0.2, 0.25) is 5.91 Å². The number of ether oxygens (including phenoxy) is 2. The summed E-state index contributed by atoms with van der Waals surface area (Å²) < 4.78 is 11.1. The van der Waals surface area contributed by atoms with Gasteiger partial charge in [-0.25, -0.2) is 0 Å². The standard InChI is InChI=1S/C23H28N2O3.ClH/c24-16-23(9-12-27-13-10-23)22(26)25-15-17-3-5-18(6-4-17)19-7-8-21-20(14-19)2-1-11-28-21;/h3-8,14H,1-2,9-13,15-16,24H2,(H,25,26);1H. The van der Waals surface area contributed by atoms with Gasteiger partial charge < -0.3 is 20.5 Å². The number of rotatable bonds is 5. The highest BCUT2D eigenvalue weighted by Crippen LogP contribution is 2.31. The second-order valence-electron chi connectivity index (χ2n) is 7.75. The van der Waals surface area contributed by atoms with Gasteiger partial charge in [-0.05, 0) is 60.1 Å². The summed E-state index contributed by atoms with van der Waals surface area (Å²) in [7, 11) is 0.